The Labute approximate surface area is 202 Å². The van der Waals surface area contributed by atoms with Crippen molar-refractivity contribution in [3.63, 3.8) is 0 Å². The predicted molar refractivity (Wildman–Crippen MR) is 136 cm³/mol. The van der Waals surface area contributed by atoms with E-state index in [0.29, 0.717) is 0 Å². The van der Waals surface area contributed by atoms with Gasteiger partial charge in [0, 0.05) is 48.0 Å². The predicted octanol–water partition coefficient (Wildman–Crippen LogP) is 4.57. The fourth-order valence-electron chi connectivity index (χ4n) is 3.27. The van der Waals surface area contributed by atoms with Crippen molar-refractivity contribution < 1.29 is 0 Å². The summed E-state index contributed by atoms with van der Waals surface area (Å²) in [6.45, 7) is 1.95. The van der Waals surface area contributed by atoms with Gasteiger partial charge in [-0.1, -0.05) is 60.1 Å². The molecule has 6 rings (SSSR count). The van der Waals surface area contributed by atoms with E-state index < -0.39 is 0 Å². The van der Waals surface area contributed by atoms with Crippen molar-refractivity contribution in [1.29, 1.82) is 0 Å². The van der Waals surface area contributed by atoms with E-state index >= 15 is 0 Å². The van der Waals surface area contributed by atoms with Crippen molar-refractivity contribution in [3.8, 4) is 23.7 Å². The zero-order chi connectivity index (χ0) is 23.9. The molecule has 0 aliphatic heterocycles. The van der Waals surface area contributed by atoms with Gasteiger partial charge in [-0.2, -0.15) is 10.2 Å². The van der Waals surface area contributed by atoms with Gasteiger partial charge in [-0.25, -0.2) is 19.0 Å². The van der Waals surface area contributed by atoms with Crippen molar-refractivity contribution in [1.82, 2.24) is 29.2 Å². The molecule has 166 valence electrons. The van der Waals surface area contributed by atoms with E-state index in [1.807, 2.05) is 92.1 Å². The Balaban J connectivity index is 0.000000145. The monoisotopic (exact) mass is 452 g/mol. The van der Waals surface area contributed by atoms with Crippen LogP contribution in [0.2, 0.25) is 0 Å². The van der Waals surface area contributed by atoms with Gasteiger partial charge in [0.2, 0.25) is 0 Å². The van der Waals surface area contributed by atoms with Crippen LogP contribution in [0.1, 0.15) is 27.9 Å². The minimum Gasteiger partial charge on any atom is -0.236 e. The van der Waals surface area contributed by atoms with Crippen molar-refractivity contribution in [3.05, 3.63) is 132 Å². The largest absolute Gasteiger partial charge is 0.236 e. The summed E-state index contributed by atoms with van der Waals surface area (Å²) in [7, 11) is 0. The second kappa shape index (κ2) is 10.2. The highest BCUT2D eigenvalue weighted by atomic mass is 15.2. The van der Waals surface area contributed by atoms with Crippen molar-refractivity contribution >= 4 is 11.3 Å². The first-order chi connectivity index (χ1) is 17.2. The number of fused-ring (bicyclic) bond motifs is 2. The summed E-state index contributed by atoms with van der Waals surface area (Å²) in [6, 6.07) is 23.6. The summed E-state index contributed by atoms with van der Waals surface area (Å²) in [4.78, 5) is 8.56. The zero-order valence-electron chi connectivity index (χ0n) is 19.0. The van der Waals surface area contributed by atoms with E-state index in [4.69, 9.17) is 0 Å². The lowest BCUT2D eigenvalue weighted by molar-refractivity contribution is 0.914. The Morgan fingerprint density at radius 2 is 1.14 bits per heavy atom. The van der Waals surface area contributed by atoms with Crippen LogP contribution in [0, 0.1) is 30.6 Å². The molecule has 0 aliphatic rings. The molecule has 2 aromatic carbocycles. The number of hydrogen-bond acceptors (Lipinski definition) is 4. The lowest BCUT2D eigenvalue weighted by Crippen LogP contribution is -1.91. The topological polar surface area (TPSA) is 60.4 Å². The van der Waals surface area contributed by atoms with Crippen molar-refractivity contribution in [2.24, 2.45) is 0 Å². The number of aryl methyl sites for hydroxylation is 1. The molecule has 6 nitrogen and oxygen atoms in total. The summed E-state index contributed by atoms with van der Waals surface area (Å²) in [5, 5.41) is 8.44. The average molecular weight is 453 g/mol. The summed E-state index contributed by atoms with van der Waals surface area (Å²) in [5.74, 6) is 12.3. The molecular formula is C29H20N6. The number of nitrogens with zero attached hydrogens (tertiary/aromatic N) is 6. The molecule has 0 saturated heterocycles. The SMILES string of the molecule is C(#Cc1cnc2ccnn2c1)c1ccccc1.Cc1cc2ncc(C#Cc3ccccc3)cn2n1. The van der Waals surface area contributed by atoms with Gasteiger partial charge in [0.15, 0.2) is 11.3 Å². The minimum atomic E-state index is 0.829. The molecule has 0 amide bonds. The Kier molecular flexibility index (Phi) is 6.28. The van der Waals surface area contributed by atoms with Gasteiger partial charge in [-0.05, 0) is 31.2 Å². The highest BCUT2D eigenvalue weighted by Crippen LogP contribution is 2.05. The lowest BCUT2D eigenvalue weighted by Gasteiger charge is -1.93. The van der Waals surface area contributed by atoms with Crippen LogP contribution >= 0.6 is 0 Å². The van der Waals surface area contributed by atoms with Crippen LogP contribution in [0.5, 0.6) is 0 Å². The molecule has 0 spiro atoms. The highest BCUT2D eigenvalue weighted by Gasteiger charge is 1.98. The normalized spacial score (nSPS) is 9.97. The van der Waals surface area contributed by atoms with E-state index in [1.54, 1.807) is 27.6 Å². The molecule has 0 saturated carbocycles. The smallest absolute Gasteiger partial charge is 0.155 e. The summed E-state index contributed by atoms with van der Waals surface area (Å²) in [5.41, 5.74) is 6.32. The van der Waals surface area contributed by atoms with Crippen molar-refractivity contribution in [2.75, 3.05) is 0 Å². The molecule has 6 aromatic rings. The van der Waals surface area contributed by atoms with E-state index in [-0.39, 0.29) is 0 Å². The van der Waals surface area contributed by atoms with Gasteiger partial charge < -0.3 is 0 Å². The van der Waals surface area contributed by atoms with Gasteiger partial charge in [-0.3, -0.25) is 0 Å². The van der Waals surface area contributed by atoms with E-state index in [2.05, 4.69) is 43.8 Å². The van der Waals surface area contributed by atoms with E-state index in [0.717, 1.165) is 39.2 Å². The van der Waals surface area contributed by atoms with Gasteiger partial charge in [0.25, 0.3) is 0 Å². The lowest BCUT2D eigenvalue weighted by atomic mass is 10.2. The first kappa shape index (κ1) is 21.6. The van der Waals surface area contributed by atoms with Crippen LogP contribution in [-0.2, 0) is 0 Å². The van der Waals surface area contributed by atoms with Gasteiger partial charge >= 0.3 is 0 Å². The minimum absolute atomic E-state index is 0.829. The van der Waals surface area contributed by atoms with E-state index in [9.17, 15) is 0 Å². The van der Waals surface area contributed by atoms with E-state index in [1.165, 1.54) is 0 Å². The van der Waals surface area contributed by atoms with Crippen LogP contribution in [0.25, 0.3) is 11.3 Å². The number of rotatable bonds is 0. The number of aromatic nitrogens is 6. The highest BCUT2D eigenvalue weighted by molar-refractivity contribution is 5.46. The Morgan fingerprint density at radius 3 is 1.77 bits per heavy atom. The number of hydrogen-bond donors (Lipinski definition) is 0. The summed E-state index contributed by atoms with van der Waals surface area (Å²) < 4.78 is 3.47. The zero-order valence-corrected chi connectivity index (χ0v) is 19.0. The first-order valence-corrected chi connectivity index (χ1v) is 11.0. The first-order valence-electron chi connectivity index (χ1n) is 11.0. The maximum Gasteiger partial charge on any atom is 0.155 e. The standard InChI is InChI=1S/C15H11N3.C14H9N3/c1-12-9-15-16-10-14(11-18(15)17-12)8-7-13-5-3-2-4-6-13;1-2-4-12(5-3-1)6-7-13-10-15-14-8-9-16-17(14)11-13/h2-6,9-11H,1H3;1-5,8-11H. The van der Waals surface area contributed by atoms with Crippen LogP contribution in [0.3, 0.4) is 0 Å². The van der Waals surface area contributed by atoms with Gasteiger partial charge in [0.1, 0.15) is 0 Å². The Morgan fingerprint density at radius 1 is 0.600 bits per heavy atom. The molecule has 35 heavy (non-hydrogen) atoms. The molecular weight excluding hydrogens is 432 g/mol. The third-order valence-electron chi connectivity index (χ3n) is 4.93. The summed E-state index contributed by atoms with van der Waals surface area (Å²) >= 11 is 0. The molecule has 0 atom stereocenters. The quantitative estimate of drug-likeness (QED) is 0.317. The van der Waals surface area contributed by atoms with Crippen LogP contribution in [0.15, 0.2) is 104 Å². The third-order valence-corrected chi connectivity index (χ3v) is 4.93. The second-order valence-electron chi connectivity index (χ2n) is 7.64. The molecule has 0 aliphatic carbocycles. The fourth-order valence-corrected chi connectivity index (χ4v) is 3.27. The van der Waals surface area contributed by atoms with Crippen LogP contribution in [0.4, 0.5) is 0 Å². The summed E-state index contributed by atoms with van der Waals surface area (Å²) in [6.07, 6.45) is 9.01. The Bertz CT molecular complexity index is 1710. The van der Waals surface area contributed by atoms with Crippen LogP contribution < -0.4 is 0 Å². The molecule has 4 aromatic heterocycles. The molecule has 0 radical (unpaired) electrons. The second-order valence-corrected chi connectivity index (χ2v) is 7.64. The third kappa shape index (κ3) is 5.60. The molecule has 0 unspecified atom stereocenters. The molecule has 0 bridgehead atoms. The fraction of sp³-hybridized carbons (Fsp3) is 0.0345. The molecule has 0 N–H and O–H groups in total. The Hall–Kier alpha value is -5.20. The molecule has 6 heteroatoms. The van der Waals surface area contributed by atoms with Crippen LogP contribution in [-0.4, -0.2) is 29.2 Å². The van der Waals surface area contributed by atoms with Crippen molar-refractivity contribution in [2.45, 2.75) is 6.92 Å². The average Bonchev–Trinajstić information content (AvgIpc) is 3.52. The molecule has 0 fully saturated rings. The number of benzene rings is 2. The van der Waals surface area contributed by atoms with Gasteiger partial charge in [-0.15, -0.1) is 0 Å². The maximum absolute atomic E-state index is 4.32. The maximum atomic E-state index is 4.32. The van der Waals surface area contributed by atoms with Gasteiger partial charge in [0.05, 0.1) is 23.0 Å². The molecule has 4 heterocycles.